The van der Waals surface area contributed by atoms with E-state index < -0.39 is 0 Å². The first kappa shape index (κ1) is 14.6. The number of aliphatic hydroxyl groups excluding tert-OH is 1. The van der Waals surface area contributed by atoms with Gasteiger partial charge in [0.2, 0.25) is 0 Å². The molecule has 0 heterocycles. The minimum atomic E-state index is -0.119. The number of aliphatic hydroxyl groups is 1. The number of hydrogen-bond donors (Lipinski definition) is 1. The van der Waals surface area contributed by atoms with Crippen LogP contribution in [-0.2, 0) is 4.74 Å². The summed E-state index contributed by atoms with van der Waals surface area (Å²) in [6, 6.07) is 5.78. The van der Waals surface area contributed by atoms with Crippen molar-refractivity contribution in [2.75, 3.05) is 20.3 Å². The molecule has 0 aliphatic carbocycles. The highest BCUT2D eigenvalue weighted by molar-refractivity contribution is 5.44. The lowest BCUT2D eigenvalue weighted by molar-refractivity contribution is 0.135. The van der Waals surface area contributed by atoms with Gasteiger partial charge in [0, 0.05) is 25.7 Å². The van der Waals surface area contributed by atoms with E-state index in [4.69, 9.17) is 14.6 Å². The van der Waals surface area contributed by atoms with Crippen LogP contribution in [0.1, 0.15) is 24.5 Å². The highest BCUT2D eigenvalue weighted by Gasteiger charge is 2.05. The summed E-state index contributed by atoms with van der Waals surface area (Å²) in [4.78, 5) is 0. The molecule has 1 atom stereocenters. The van der Waals surface area contributed by atoms with Crippen LogP contribution in [0, 0.1) is 18.8 Å². The Morgan fingerprint density at radius 2 is 2.17 bits per heavy atom. The lowest BCUT2D eigenvalue weighted by Gasteiger charge is -2.15. The predicted molar refractivity (Wildman–Crippen MR) is 71.7 cm³/mol. The largest absolute Gasteiger partial charge is 0.491 e. The van der Waals surface area contributed by atoms with Crippen molar-refractivity contribution >= 4 is 0 Å². The van der Waals surface area contributed by atoms with Crippen LogP contribution in [0.4, 0.5) is 0 Å². The average Bonchev–Trinajstić information content (AvgIpc) is 2.35. The van der Waals surface area contributed by atoms with E-state index in [0.717, 1.165) is 23.3 Å². The van der Waals surface area contributed by atoms with Gasteiger partial charge in [-0.3, -0.25) is 0 Å². The normalized spacial score (nSPS) is 11.6. The minimum absolute atomic E-state index is 0.119. The molecule has 0 amide bonds. The molecular formula is C15H20O3. The summed E-state index contributed by atoms with van der Waals surface area (Å²) in [6.07, 6.45) is 0.987. The van der Waals surface area contributed by atoms with Gasteiger partial charge in [0.15, 0.2) is 0 Å². The summed E-state index contributed by atoms with van der Waals surface area (Å²) < 4.78 is 10.8. The number of methoxy groups -OCH3 is 1. The molecule has 1 unspecified atom stereocenters. The van der Waals surface area contributed by atoms with Gasteiger partial charge in [-0.15, -0.1) is 0 Å². The zero-order chi connectivity index (χ0) is 13.4. The Hall–Kier alpha value is -1.50. The van der Waals surface area contributed by atoms with Crippen LogP contribution in [0.25, 0.3) is 0 Å². The second-order valence-corrected chi connectivity index (χ2v) is 4.15. The molecule has 0 saturated carbocycles. The van der Waals surface area contributed by atoms with Crippen LogP contribution in [0.2, 0.25) is 0 Å². The Morgan fingerprint density at radius 1 is 1.39 bits per heavy atom. The van der Waals surface area contributed by atoms with Gasteiger partial charge in [-0.05, 0) is 37.6 Å². The van der Waals surface area contributed by atoms with E-state index in [1.165, 1.54) is 0 Å². The molecule has 1 rings (SSSR count). The SMILES string of the molecule is COCCC(C)Oc1ccc(C#CCO)c(C)c1. The molecule has 1 aromatic carbocycles. The Balaban J connectivity index is 2.66. The maximum absolute atomic E-state index is 8.66. The number of hydrogen-bond acceptors (Lipinski definition) is 3. The van der Waals surface area contributed by atoms with Crippen molar-refractivity contribution in [3.05, 3.63) is 29.3 Å². The Labute approximate surface area is 109 Å². The van der Waals surface area contributed by atoms with Gasteiger partial charge in [-0.2, -0.15) is 0 Å². The van der Waals surface area contributed by atoms with Gasteiger partial charge >= 0.3 is 0 Å². The molecule has 1 aromatic rings. The molecule has 0 aliphatic rings. The molecule has 0 aromatic heterocycles. The van der Waals surface area contributed by atoms with Crippen molar-refractivity contribution in [2.45, 2.75) is 26.4 Å². The first-order valence-corrected chi connectivity index (χ1v) is 6.03. The zero-order valence-electron chi connectivity index (χ0n) is 11.2. The Bertz CT molecular complexity index is 429. The molecule has 1 N–H and O–H groups in total. The molecule has 0 saturated heterocycles. The van der Waals surface area contributed by atoms with Gasteiger partial charge < -0.3 is 14.6 Å². The van der Waals surface area contributed by atoms with Crippen LogP contribution in [0.5, 0.6) is 5.75 Å². The molecule has 0 fully saturated rings. The molecule has 0 bridgehead atoms. The number of benzene rings is 1. The quantitative estimate of drug-likeness (QED) is 0.811. The molecule has 0 radical (unpaired) electrons. The maximum Gasteiger partial charge on any atom is 0.120 e. The van der Waals surface area contributed by atoms with Crippen LogP contribution in [-0.4, -0.2) is 31.5 Å². The fraction of sp³-hybridized carbons (Fsp3) is 0.467. The summed E-state index contributed by atoms with van der Waals surface area (Å²) in [5.41, 5.74) is 1.97. The van der Waals surface area contributed by atoms with E-state index in [1.807, 2.05) is 32.0 Å². The van der Waals surface area contributed by atoms with Crippen LogP contribution in [0.3, 0.4) is 0 Å². The van der Waals surface area contributed by atoms with Crippen LogP contribution >= 0.6 is 0 Å². The van der Waals surface area contributed by atoms with E-state index in [1.54, 1.807) is 7.11 Å². The first-order valence-electron chi connectivity index (χ1n) is 6.03. The first-order chi connectivity index (χ1) is 8.67. The van der Waals surface area contributed by atoms with E-state index in [-0.39, 0.29) is 12.7 Å². The number of ether oxygens (including phenoxy) is 2. The fourth-order valence-corrected chi connectivity index (χ4v) is 1.56. The highest BCUT2D eigenvalue weighted by atomic mass is 16.5. The third-order valence-electron chi connectivity index (χ3n) is 2.57. The maximum atomic E-state index is 8.66. The van der Waals surface area contributed by atoms with Crippen LogP contribution < -0.4 is 4.74 Å². The fourth-order valence-electron chi connectivity index (χ4n) is 1.56. The summed E-state index contributed by atoms with van der Waals surface area (Å²) in [6.45, 7) is 4.58. The van der Waals surface area contributed by atoms with Crippen molar-refractivity contribution in [1.82, 2.24) is 0 Å². The Morgan fingerprint density at radius 3 is 2.78 bits per heavy atom. The minimum Gasteiger partial charge on any atom is -0.491 e. The molecule has 3 nitrogen and oxygen atoms in total. The lowest BCUT2D eigenvalue weighted by atomic mass is 10.1. The number of aryl methyl sites for hydroxylation is 1. The summed E-state index contributed by atoms with van der Waals surface area (Å²) >= 11 is 0. The summed E-state index contributed by atoms with van der Waals surface area (Å²) in [5.74, 6) is 6.38. The van der Waals surface area contributed by atoms with E-state index in [2.05, 4.69) is 11.8 Å². The van der Waals surface area contributed by atoms with Gasteiger partial charge in [0.05, 0.1) is 6.10 Å². The Kier molecular flexibility index (Phi) is 6.27. The molecule has 18 heavy (non-hydrogen) atoms. The second-order valence-electron chi connectivity index (χ2n) is 4.15. The van der Waals surface area contributed by atoms with Crippen molar-refractivity contribution < 1.29 is 14.6 Å². The van der Waals surface area contributed by atoms with E-state index >= 15 is 0 Å². The lowest BCUT2D eigenvalue weighted by Crippen LogP contribution is -2.14. The number of rotatable bonds is 5. The van der Waals surface area contributed by atoms with Crippen molar-refractivity contribution in [2.24, 2.45) is 0 Å². The summed E-state index contributed by atoms with van der Waals surface area (Å²) in [7, 11) is 1.69. The second kappa shape index (κ2) is 7.75. The van der Waals surface area contributed by atoms with Gasteiger partial charge in [0.1, 0.15) is 12.4 Å². The van der Waals surface area contributed by atoms with Gasteiger partial charge in [-0.25, -0.2) is 0 Å². The highest BCUT2D eigenvalue weighted by Crippen LogP contribution is 2.18. The van der Waals surface area contributed by atoms with Gasteiger partial charge in [-0.1, -0.05) is 11.8 Å². The average molecular weight is 248 g/mol. The topological polar surface area (TPSA) is 38.7 Å². The van der Waals surface area contributed by atoms with Gasteiger partial charge in [0.25, 0.3) is 0 Å². The predicted octanol–water partition coefficient (Wildman–Crippen LogP) is 2.14. The third kappa shape index (κ3) is 4.79. The van der Waals surface area contributed by atoms with Crippen molar-refractivity contribution in [3.8, 4) is 17.6 Å². The zero-order valence-corrected chi connectivity index (χ0v) is 11.2. The molecular weight excluding hydrogens is 228 g/mol. The van der Waals surface area contributed by atoms with Crippen molar-refractivity contribution in [1.29, 1.82) is 0 Å². The van der Waals surface area contributed by atoms with Crippen LogP contribution in [0.15, 0.2) is 18.2 Å². The standard InChI is InChI=1S/C15H20O3/c1-12-11-15(18-13(2)8-10-17-3)7-6-14(12)5-4-9-16/h6-7,11,13,16H,8-10H2,1-3H3. The van der Waals surface area contributed by atoms with E-state index in [9.17, 15) is 0 Å². The smallest absolute Gasteiger partial charge is 0.120 e. The third-order valence-corrected chi connectivity index (χ3v) is 2.57. The van der Waals surface area contributed by atoms with E-state index in [0.29, 0.717) is 6.61 Å². The summed E-state index contributed by atoms with van der Waals surface area (Å²) in [5, 5.41) is 8.66. The molecule has 3 heteroatoms. The molecule has 0 spiro atoms. The van der Waals surface area contributed by atoms with Crippen molar-refractivity contribution in [3.63, 3.8) is 0 Å². The monoisotopic (exact) mass is 248 g/mol. The molecule has 98 valence electrons. The molecule has 0 aliphatic heterocycles.